The third-order valence-electron chi connectivity index (χ3n) is 2.84. The summed E-state index contributed by atoms with van der Waals surface area (Å²) in [5.41, 5.74) is 0.974. The lowest BCUT2D eigenvalue weighted by Gasteiger charge is -2.14. The number of anilines is 1. The highest BCUT2D eigenvalue weighted by atomic mass is 32.1. The van der Waals surface area contributed by atoms with Crippen molar-refractivity contribution in [3.63, 3.8) is 0 Å². The number of thiazole rings is 1. The molecule has 1 unspecified atom stereocenters. The Balaban J connectivity index is 2.03. The number of ether oxygens (including phenoxy) is 3. The van der Waals surface area contributed by atoms with Gasteiger partial charge >= 0.3 is 0 Å². The zero-order valence-corrected chi connectivity index (χ0v) is 12.8. The summed E-state index contributed by atoms with van der Waals surface area (Å²) >= 11 is 1.61. The molecule has 1 aromatic carbocycles. The maximum Gasteiger partial charge on any atom is 0.183 e. The van der Waals surface area contributed by atoms with Gasteiger partial charge in [0.05, 0.1) is 29.5 Å². The molecule has 0 spiro atoms. The topological polar surface area (TPSA) is 52.6 Å². The van der Waals surface area contributed by atoms with Crippen LogP contribution < -0.4 is 10.1 Å². The second-order valence-electron chi connectivity index (χ2n) is 4.28. The van der Waals surface area contributed by atoms with Crippen molar-refractivity contribution in [2.24, 2.45) is 0 Å². The van der Waals surface area contributed by atoms with Gasteiger partial charge < -0.3 is 19.5 Å². The number of aromatic nitrogens is 1. The molecule has 1 aromatic heterocycles. The second-order valence-corrected chi connectivity index (χ2v) is 5.31. The van der Waals surface area contributed by atoms with Crippen molar-refractivity contribution < 1.29 is 14.2 Å². The van der Waals surface area contributed by atoms with E-state index in [4.69, 9.17) is 14.2 Å². The molecule has 0 bridgehead atoms. The maximum absolute atomic E-state index is 5.49. The normalized spacial score (nSPS) is 12.6. The van der Waals surface area contributed by atoms with Crippen LogP contribution >= 0.6 is 11.3 Å². The fourth-order valence-electron chi connectivity index (χ4n) is 1.83. The third-order valence-corrected chi connectivity index (χ3v) is 3.81. The first-order chi connectivity index (χ1) is 9.76. The van der Waals surface area contributed by atoms with Crippen molar-refractivity contribution in [2.75, 3.05) is 39.3 Å². The Kier molecular flexibility index (Phi) is 5.58. The summed E-state index contributed by atoms with van der Waals surface area (Å²) in [5.74, 6) is 0.879. The lowest BCUT2D eigenvalue weighted by Crippen LogP contribution is -2.26. The van der Waals surface area contributed by atoms with Gasteiger partial charge in [0.1, 0.15) is 5.75 Å². The number of fused-ring (bicyclic) bond motifs is 1. The molecule has 0 aliphatic heterocycles. The van der Waals surface area contributed by atoms with E-state index in [0.717, 1.165) is 21.1 Å². The van der Waals surface area contributed by atoms with Gasteiger partial charge in [-0.2, -0.15) is 0 Å². The fraction of sp³-hybridized carbons (Fsp3) is 0.500. The zero-order valence-electron chi connectivity index (χ0n) is 12.0. The Morgan fingerprint density at radius 3 is 2.90 bits per heavy atom. The first-order valence-corrected chi connectivity index (χ1v) is 7.37. The monoisotopic (exact) mass is 296 g/mol. The molecule has 0 amide bonds. The average molecular weight is 296 g/mol. The van der Waals surface area contributed by atoms with Crippen LogP contribution in [0.4, 0.5) is 5.13 Å². The Morgan fingerprint density at radius 1 is 1.35 bits per heavy atom. The average Bonchev–Trinajstić information content (AvgIpc) is 2.86. The molecule has 0 fully saturated rings. The molecular formula is C14H20N2O3S. The lowest BCUT2D eigenvalue weighted by molar-refractivity contribution is 0.0365. The standard InChI is InChI=1S/C14H20N2O3S/c1-4-19-10-5-6-12-13(7-10)20-14(16-12)15-8-11(18-3)9-17-2/h5-7,11H,4,8-9H2,1-3H3,(H,15,16). The first-order valence-electron chi connectivity index (χ1n) is 6.55. The highest BCUT2D eigenvalue weighted by molar-refractivity contribution is 7.22. The molecule has 0 aliphatic rings. The van der Waals surface area contributed by atoms with E-state index in [1.54, 1.807) is 25.6 Å². The van der Waals surface area contributed by atoms with Crippen molar-refractivity contribution >= 4 is 26.7 Å². The SMILES string of the molecule is CCOc1ccc2nc(NCC(COC)OC)sc2c1. The van der Waals surface area contributed by atoms with Crippen molar-refractivity contribution in [2.45, 2.75) is 13.0 Å². The van der Waals surface area contributed by atoms with E-state index in [1.165, 1.54) is 0 Å². The van der Waals surface area contributed by atoms with Gasteiger partial charge in [0.15, 0.2) is 5.13 Å². The summed E-state index contributed by atoms with van der Waals surface area (Å²) in [6.45, 7) is 3.87. The molecule has 0 aliphatic carbocycles. The van der Waals surface area contributed by atoms with Gasteiger partial charge in [-0.05, 0) is 25.1 Å². The van der Waals surface area contributed by atoms with Crippen molar-refractivity contribution in [3.05, 3.63) is 18.2 Å². The molecule has 1 N–H and O–H groups in total. The van der Waals surface area contributed by atoms with Crippen molar-refractivity contribution in [1.82, 2.24) is 4.98 Å². The van der Waals surface area contributed by atoms with E-state index >= 15 is 0 Å². The number of nitrogens with zero attached hydrogens (tertiary/aromatic N) is 1. The molecule has 0 saturated heterocycles. The van der Waals surface area contributed by atoms with Gasteiger partial charge in [-0.3, -0.25) is 0 Å². The van der Waals surface area contributed by atoms with Crippen LogP contribution in [0.15, 0.2) is 18.2 Å². The van der Waals surface area contributed by atoms with Crippen LogP contribution in [0.3, 0.4) is 0 Å². The molecule has 0 saturated carbocycles. The largest absolute Gasteiger partial charge is 0.494 e. The summed E-state index contributed by atoms with van der Waals surface area (Å²) < 4.78 is 17.0. The quantitative estimate of drug-likeness (QED) is 0.812. The Hall–Kier alpha value is -1.37. The number of benzene rings is 1. The van der Waals surface area contributed by atoms with Crippen LogP contribution in [0, 0.1) is 0 Å². The zero-order chi connectivity index (χ0) is 14.4. The summed E-state index contributed by atoms with van der Waals surface area (Å²) in [5, 5.41) is 4.16. The van der Waals surface area contributed by atoms with E-state index in [-0.39, 0.29) is 6.10 Å². The predicted molar refractivity (Wildman–Crippen MR) is 82.0 cm³/mol. The van der Waals surface area contributed by atoms with Crippen LogP contribution in [0.5, 0.6) is 5.75 Å². The van der Waals surface area contributed by atoms with Gasteiger partial charge in [0, 0.05) is 20.8 Å². The number of rotatable bonds is 8. The Bertz CT molecular complexity index is 544. The van der Waals surface area contributed by atoms with Crippen LogP contribution in [0.25, 0.3) is 10.2 Å². The minimum absolute atomic E-state index is 0.0194. The van der Waals surface area contributed by atoms with Crippen LogP contribution in [-0.2, 0) is 9.47 Å². The molecule has 0 radical (unpaired) electrons. The predicted octanol–water partition coefficient (Wildman–Crippen LogP) is 2.77. The molecule has 1 heterocycles. The Morgan fingerprint density at radius 2 is 2.20 bits per heavy atom. The maximum atomic E-state index is 5.49. The van der Waals surface area contributed by atoms with Gasteiger partial charge in [0.2, 0.25) is 0 Å². The highest BCUT2D eigenvalue weighted by Gasteiger charge is 2.09. The van der Waals surface area contributed by atoms with Crippen LogP contribution in [0.2, 0.25) is 0 Å². The fourth-order valence-corrected chi connectivity index (χ4v) is 2.74. The molecule has 110 valence electrons. The van der Waals surface area contributed by atoms with E-state index < -0.39 is 0 Å². The van der Waals surface area contributed by atoms with E-state index in [1.807, 2.05) is 25.1 Å². The van der Waals surface area contributed by atoms with Crippen molar-refractivity contribution in [3.8, 4) is 5.75 Å². The molecule has 5 nitrogen and oxygen atoms in total. The summed E-state index contributed by atoms with van der Waals surface area (Å²) in [4.78, 5) is 4.54. The highest BCUT2D eigenvalue weighted by Crippen LogP contribution is 2.29. The van der Waals surface area contributed by atoms with Gasteiger partial charge in [-0.15, -0.1) is 0 Å². The molecule has 20 heavy (non-hydrogen) atoms. The Labute approximate surface area is 122 Å². The number of hydrogen-bond donors (Lipinski definition) is 1. The van der Waals surface area contributed by atoms with Crippen LogP contribution in [-0.4, -0.2) is 45.1 Å². The molecule has 6 heteroatoms. The van der Waals surface area contributed by atoms with E-state index in [9.17, 15) is 0 Å². The summed E-state index contributed by atoms with van der Waals surface area (Å²) in [7, 11) is 3.34. The minimum atomic E-state index is 0.0194. The minimum Gasteiger partial charge on any atom is -0.494 e. The summed E-state index contributed by atoms with van der Waals surface area (Å²) in [6, 6.07) is 5.94. The first kappa shape index (κ1) is 15.0. The third kappa shape index (κ3) is 3.82. The van der Waals surface area contributed by atoms with Gasteiger partial charge in [-0.1, -0.05) is 11.3 Å². The number of methoxy groups -OCH3 is 2. The molecular weight excluding hydrogens is 276 g/mol. The van der Waals surface area contributed by atoms with E-state index in [2.05, 4.69) is 10.3 Å². The molecule has 2 rings (SSSR count). The molecule has 1 atom stereocenters. The molecule has 2 aromatic rings. The smallest absolute Gasteiger partial charge is 0.183 e. The number of nitrogens with one attached hydrogen (secondary N) is 1. The van der Waals surface area contributed by atoms with Gasteiger partial charge in [-0.25, -0.2) is 4.98 Å². The van der Waals surface area contributed by atoms with E-state index in [0.29, 0.717) is 19.8 Å². The second kappa shape index (κ2) is 7.42. The van der Waals surface area contributed by atoms with Gasteiger partial charge in [0.25, 0.3) is 0 Å². The lowest BCUT2D eigenvalue weighted by atomic mass is 10.3. The van der Waals surface area contributed by atoms with Crippen molar-refractivity contribution in [1.29, 1.82) is 0 Å². The number of hydrogen-bond acceptors (Lipinski definition) is 6. The summed E-state index contributed by atoms with van der Waals surface area (Å²) in [6.07, 6.45) is 0.0194. The van der Waals surface area contributed by atoms with Crippen LogP contribution in [0.1, 0.15) is 6.92 Å².